The summed E-state index contributed by atoms with van der Waals surface area (Å²) in [6, 6.07) is 0. The molecule has 0 saturated carbocycles. The van der Waals surface area contributed by atoms with Crippen LogP contribution >= 0.6 is 24.0 Å². The van der Waals surface area contributed by atoms with Gasteiger partial charge in [0.2, 0.25) is 0 Å². The maximum atomic E-state index is 4.72. The minimum Gasteiger partial charge on any atom is -0.288 e. The Morgan fingerprint density at radius 2 is 2.62 bits per heavy atom. The van der Waals surface area contributed by atoms with Gasteiger partial charge in [0.1, 0.15) is 0 Å². The largest absolute Gasteiger partial charge is 0.288 e. The second-order valence-electron chi connectivity index (χ2n) is 1.24. The quantitative estimate of drug-likeness (QED) is 0.561. The van der Waals surface area contributed by atoms with E-state index in [9.17, 15) is 0 Å². The normalized spacial score (nSPS) is 27.1. The number of azo groups is 1. The molecule has 0 bridgehead atoms. The van der Waals surface area contributed by atoms with Crippen molar-refractivity contribution in [3.05, 3.63) is 0 Å². The van der Waals surface area contributed by atoms with Crippen LogP contribution < -0.4 is 5.32 Å². The Balaban J connectivity index is 2.46. The lowest BCUT2D eigenvalue weighted by Gasteiger charge is -1.96. The number of rotatable bonds is 1. The molecule has 0 aromatic rings. The van der Waals surface area contributed by atoms with Crippen LogP contribution in [0.2, 0.25) is 0 Å². The fraction of sp³-hybridized carbons (Fsp3) is 0.667. The van der Waals surface area contributed by atoms with Crippen molar-refractivity contribution in [2.45, 2.75) is 5.50 Å². The molecule has 0 amide bonds. The van der Waals surface area contributed by atoms with E-state index in [2.05, 4.69) is 15.5 Å². The summed E-state index contributed by atoms with van der Waals surface area (Å²) in [7, 11) is 1.82. The van der Waals surface area contributed by atoms with Gasteiger partial charge in [0.15, 0.2) is 9.82 Å². The second kappa shape index (κ2) is 2.52. The maximum Gasteiger partial charge on any atom is 0.185 e. The van der Waals surface area contributed by atoms with Crippen LogP contribution in [0.3, 0.4) is 0 Å². The molecule has 8 heavy (non-hydrogen) atoms. The molecule has 1 atom stereocenters. The molecule has 0 aromatic heterocycles. The molecule has 0 radical (unpaired) electrons. The van der Waals surface area contributed by atoms with Gasteiger partial charge in [-0.15, -0.1) is 5.11 Å². The Labute approximate surface area is 56.9 Å². The highest BCUT2D eigenvalue weighted by molar-refractivity contribution is 8.23. The predicted molar refractivity (Wildman–Crippen MR) is 37.9 cm³/mol. The maximum absolute atomic E-state index is 4.72. The molecule has 0 spiro atoms. The molecule has 1 unspecified atom stereocenters. The molecule has 0 aliphatic carbocycles. The van der Waals surface area contributed by atoms with Gasteiger partial charge in [0.25, 0.3) is 0 Å². The smallest absolute Gasteiger partial charge is 0.185 e. The number of hydrogen-bond donors (Lipinski definition) is 1. The molecule has 0 fully saturated rings. The summed E-state index contributed by atoms with van der Waals surface area (Å²) in [5.74, 6) is 0. The van der Waals surface area contributed by atoms with Crippen molar-refractivity contribution >= 4 is 28.3 Å². The van der Waals surface area contributed by atoms with E-state index in [4.69, 9.17) is 12.2 Å². The van der Waals surface area contributed by atoms with Crippen LogP contribution in [0.1, 0.15) is 0 Å². The summed E-state index contributed by atoms with van der Waals surface area (Å²) in [5, 5.41) is 10.3. The highest BCUT2D eigenvalue weighted by Gasteiger charge is 2.13. The van der Waals surface area contributed by atoms with Gasteiger partial charge in [-0.3, -0.25) is 5.32 Å². The summed E-state index contributed by atoms with van der Waals surface area (Å²) in [6.45, 7) is 0. The minimum atomic E-state index is 0.0579. The Morgan fingerprint density at radius 3 is 2.88 bits per heavy atom. The van der Waals surface area contributed by atoms with E-state index in [1.165, 1.54) is 11.8 Å². The summed E-state index contributed by atoms with van der Waals surface area (Å²) >= 11 is 6.18. The van der Waals surface area contributed by atoms with Gasteiger partial charge >= 0.3 is 0 Å². The van der Waals surface area contributed by atoms with Gasteiger partial charge in [-0.25, -0.2) is 0 Å². The van der Waals surface area contributed by atoms with Gasteiger partial charge in [-0.1, -0.05) is 0 Å². The van der Waals surface area contributed by atoms with Gasteiger partial charge < -0.3 is 0 Å². The van der Waals surface area contributed by atoms with Crippen LogP contribution in [0.4, 0.5) is 0 Å². The van der Waals surface area contributed by atoms with Crippen molar-refractivity contribution < 1.29 is 0 Å². The van der Waals surface area contributed by atoms with E-state index in [-0.39, 0.29) is 5.50 Å². The number of thiocarbonyl (C=S) groups is 1. The first-order valence-corrected chi connectivity index (χ1v) is 3.40. The zero-order valence-corrected chi connectivity index (χ0v) is 5.92. The summed E-state index contributed by atoms with van der Waals surface area (Å²) < 4.78 is 0.615. The molecule has 5 heteroatoms. The van der Waals surface area contributed by atoms with Crippen molar-refractivity contribution in [1.29, 1.82) is 0 Å². The third kappa shape index (κ3) is 1.24. The average molecular weight is 147 g/mol. The molecule has 1 heterocycles. The lowest BCUT2D eigenvalue weighted by atomic mass is 11.1. The second-order valence-corrected chi connectivity index (χ2v) is 2.95. The first kappa shape index (κ1) is 6.12. The van der Waals surface area contributed by atoms with Crippen LogP contribution in [0.25, 0.3) is 0 Å². The highest BCUT2D eigenvalue weighted by atomic mass is 32.2. The zero-order valence-electron chi connectivity index (χ0n) is 4.29. The predicted octanol–water partition coefficient (Wildman–Crippen LogP) is 0.973. The van der Waals surface area contributed by atoms with E-state index >= 15 is 0 Å². The number of thioether (sulfide) groups is 1. The first-order chi connectivity index (χ1) is 3.83. The van der Waals surface area contributed by atoms with Crippen LogP contribution in [0, 0.1) is 0 Å². The van der Waals surface area contributed by atoms with Crippen molar-refractivity contribution in [2.24, 2.45) is 10.2 Å². The monoisotopic (exact) mass is 147 g/mol. The third-order valence-electron chi connectivity index (χ3n) is 0.704. The molecule has 1 N–H and O–H groups in total. The fourth-order valence-corrected chi connectivity index (χ4v) is 1.18. The summed E-state index contributed by atoms with van der Waals surface area (Å²) in [5.41, 5.74) is 0.0579. The van der Waals surface area contributed by atoms with E-state index in [0.29, 0.717) is 4.32 Å². The molecule has 3 nitrogen and oxygen atoms in total. The number of hydrogen-bond acceptors (Lipinski definition) is 4. The molecule has 1 rings (SSSR count). The Hall–Kier alpha value is -0.000000000000000111. The van der Waals surface area contributed by atoms with Crippen molar-refractivity contribution in [1.82, 2.24) is 5.32 Å². The van der Waals surface area contributed by atoms with Crippen molar-refractivity contribution in [3.63, 3.8) is 0 Å². The molecule has 1 aliphatic heterocycles. The minimum absolute atomic E-state index is 0.0579. The van der Waals surface area contributed by atoms with Gasteiger partial charge in [-0.2, -0.15) is 5.11 Å². The van der Waals surface area contributed by atoms with Gasteiger partial charge in [-0.05, 0) is 31.0 Å². The fourth-order valence-electron chi connectivity index (χ4n) is 0.359. The number of nitrogens with one attached hydrogen (secondary N) is 1. The number of nitrogens with zero attached hydrogens (tertiary/aromatic N) is 2. The first-order valence-electron chi connectivity index (χ1n) is 2.11. The Morgan fingerprint density at radius 1 is 1.88 bits per heavy atom. The van der Waals surface area contributed by atoms with E-state index in [1.54, 1.807) is 0 Å². The SMILES string of the molecule is CNC1N=NC(=S)S1. The third-order valence-corrected chi connectivity index (χ3v) is 1.91. The standard InChI is InChI=1S/C3H5N3S2/c1-4-2-5-6-3(7)8-2/h2,4H,1H3. The molecular formula is C3H5N3S2. The van der Waals surface area contributed by atoms with Crippen LogP contribution in [-0.2, 0) is 0 Å². The van der Waals surface area contributed by atoms with Crippen molar-refractivity contribution in [3.8, 4) is 0 Å². The summed E-state index contributed by atoms with van der Waals surface area (Å²) in [6.07, 6.45) is 0. The topological polar surface area (TPSA) is 36.8 Å². The zero-order chi connectivity index (χ0) is 5.98. The summed E-state index contributed by atoms with van der Waals surface area (Å²) in [4.78, 5) is 0. The lowest BCUT2D eigenvalue weighted by molar-refractivity contribution is 0.757. The van der Waals surface area contributed by atoms with Crippen molar-refractivity contribution in [2.75, 3.05) is 7.05 Å². The molecular weight excluding hydrogens is 142 g/mol. The Kier molecular flexibility index (Phi) is 1.93. The lowest BCUT2D eigenvalue weighted by Crippen LogP contribution is -2.15. The van der Waals surface area contributed by atoms with Crippen LogP contribution in [-0.4, -0.2) is 16.9 Å². The van der Waals surface area contributed by atoms with E-state index < -0.39 is 0 Å². The van der Waals surface area contributed by atoms with E-state index in [1.807, 2.05) is 7.05 Å². The van der Waals surface area contributed by atoms with Gasteiger partial charge in [0, 0.05) is 0 Å². The average Bonchev–Trinajstić information content (AvgIpc) is 2.14. The highest BCUT2D eigenvalue weighted by Crippen LogP contribution is 2.19. The Bertz CT molecular complexity index is 132. The van der Waals surface area contributed by atoms with Crippen LogP contribution in [0.5, 0.6) is 0 Å². The molecule has 0 aromatic carbocycles. The molecule has 44 valence electrons. The molecule has 1 aliphatic rings. The van der Waals surface area contributed by atoms with Gasteiger partial charge in [0.05, 0.1) is 0 Å². The van der Waals surface area contributed by atoms with Crippen LogP contribution in [0.15, 0.2) is 10.2 Å². The molecule has 0 saturated heterocycles. The van der Waals surface area contributed by atoms with E-state index in [0.717, 1.165) is 0 Å².